The van der Waals surface area contributed by atoms with Crippen LogP contribution in [0, 0.1) is 0 Å². The summed E-state index contributed by atoms with van der Waals surface area (Å²) in [7, 11) is 0. The number of H-pyrrole nitrogens is 1. The highest BCUT2D eigenvalue weighted by atomic mass is 35.5. The zero-order chi connectivity index (χ0) is 17.9. The number of aryl methyl sites for hydroxylation is 1. The predicted octanol–water partition coefficient (Wildman–Crippen LogP) is 4.78. The van der Waals surface area contributed by atoms with Gasteiger partial charge in [0.15, 0.2) is 0 Å². The topological polar surface area (TPSA) is 49.0 Å². The van der Waals surface area contributed by atoms with Crippen molar-refractivity contribution in [2.75, 3.05) is 19.6 Å². The molecule has 0 radical (unpaired) electrons. The smallest absolute Gasteiger partial charge is 0.258 e. The first-order valence-electron chi connectivity index (χ1n) is 8.82. The molecular formula is C20H21Cl2N3OS. The first kappa shape index (κ1) is 20.1. The predicted molar refractivity (Wildman–Crippen MR) is 116 cm³/mol. The maximum atomic E-state index is 12.2. The molecule has 0 spiro atoms. The van der Waals surface area contributed by atoms with Crippen LogP contribution in [0.15, 0.2) is 45.9 Å². The second-order valence-corrected chi connectivity index (χ2v) is 7.73. The molecule has 0 amide bonds. The molecule has 0 atom stereocenters. The molecule has 0 saturated carbocycles. The van der Waals surface area contributed by atoms with Gasteiger partial charge in [-0.15, -0.1) is 12.4 Å². The fourth-order valence-corrected chi connectivity index (χ4v) is 4.28. The van der Waals surface area contributed by atoms with E-state index < -0.39 is 0 Å². The van der Waals surface area contributed by atoms with Crippen LogP contribution in [0.5, 0.6) is 0 Å². The van der Waals surface area contributed by atoms with E-state index in [1.807, 2.05) is 0 Å². The van der Waals surface area contributed by atoms with E-state index in [0.717, 1.165) is 38.9 Å². The maximum Gasteiger partial charge on any atom is 0.258 e. The van der Waals surface area contributed by atoms with E-state index in [-0.39, 0.29) is 18.0 Å². The Balaban J connectivity index is 0.00000210. The Bertz CT molecular complexity index is 998. The van der Waals surface area contributed by atoms with Gasteiger partial charge in [0, 0.05) is 19.5 Å². The van der Waals surface area contributed by atoms with Gasteiger partial charge < -0.3 is 4.98 Å². The molecule has 1 aliphatic heterocycles. The van der Waals surface area contributed by atoms with Crippen molar-refractivity contribution < 1.29 is 0 Å². The summed E-state index contributed by atoms with van der Waals surface area (Å²) >= 11 is 7.93. The summed E-state index contributed by atoms with van der Waals surface area (Å²) in [6.07, 6.45) is 5.13. The van der Waals surface area contributed by atoms with Gasteiger partial charge in [0.1, 0.15) is 5.82 Å². The Kier molecular flexibility index (Phi) is 6.71. The van der Waals surface area contributed by atoms with Gasteiger partial charge in [0.05, 0.1) is 15.9 Å². The van der Waals surface area contributed by atoms with Crippen LogP contribution < -0.4 is 5.56 Å². The molecule has 4 rings (SSSR count). The Morgan fingerprint density at radius 3 is 2.93 bits per heavy atom. The molecule has 4 nitrogen and oxygen atoms in total. The molecule has 0 unspecified atom stereocenters. The van der Waals surface area contributed by atoms with Gasteiger partial charge >= 0.3 is 0 Å². The molecule has 27 heavy (non-hydrogen) atoms. The van der Waals surface area contributed by atoms with Crippen LogP contribution in [-0.2, 0) is 6.42 Å². The van der Waals surface area contributed by atoms with Crippen molar-refractivity contribution in [3.05, 3.63) is 67.9 Å². The average molecular weight is 422 g/mol. The summed E-state index contributed by atoms with van der Waals surface area (Å²) < 4.78 is 0. The Hall–Kier alpha value is -1.66. The third-order valence-corrected chi connectivity index (χ3v) is 5.80. The molecule has 3 aromatic rings. The second-order valence-electron chi connectivity index (χ2n) is 6.54. The monoisotopic (exact) mass is 421 g/mol. The molecule has 1 N–H and O–H groups in total. The van der Waals surface area contributed by atoms with Gasteiger partial charge in [0.2, 0.25) is 0 Å². The standard InChI is InChI=1S/C20H20ClN3OS.ClH/c21-17-4-1-3-16-19(17)22-18(23-20(16)25)5-2-9-24-10-6-14(7-11-24)15-8-12-26-13-15;/h1,3-4,6,8,12-13H,2,5,7,9-11H2,(H,22,23,25);1H. The van der Waals surface area contributed by atoms with Crippen LogP contribution >= 0.6 is 35.3 Å². The lowest BCUT2D eigenvalue weighted by atomic mass is 10.0. The molecule has 0 saturated heterocycles. The molecule has 3 heterocycles. The summed E-state index contributed by atoms with van der Waals surface area (Å²) in [4.78, 5) is 22.1. The van der Waals surface area contributed by atoms with Gasteiger partial charge in [-0.05, 0) is 59.5 Å². The minimum absolute atomic E-state index is 0. The minimum Gasteiger partial charge on any atom is -0.310 e. The Labute approximate surface area is 173 Å². The van der Waals surface area contributed by atoms with Crippen molar-refractivity contribution >= 4 is 51.8 Å². The van der Waals surface area contributed by atoms with Crippen LogP contribution in [0.4, 0.5) is 0 Å². The van der Waals surface area contributed by atoms with Gasteiger partial charge in [-0.25, -0.2) is 4.98 Å². The Morgan fingerprint density at radius 1 is 1.30 bits per heavy atom. The van der Waals surface area contributed by atoms with Gasteiger partial charge in [0.25, 0.3) is 5.56 Å². The van der Waals surface area contributed by atoms with Gasteiger partial charge in [-0.3, -0.25) is 9.69 Å². The lowest BCUT2D eigenvalue weighted by molar-refractivity contribution is 0.297. The summed E-state index contributed by atoms with van der Waals surface area (Å²) in [6, 6.07) is 7.49. The number of aromatic amines is 1. The number of aromatic nitrogens is 2. The lowest BCUT2D eigenvalue weighted by Gasteiger charge is -2.26. The minimum atomic E-state index is -0.117. The van der Waals surface area contributed by atoms with Crippen LogP contribution in [-0.4, -0.2) is 34.5 Å². The highest BCUT2D eigenvalue weighted by molar-refractivity contribution is 7.08. The molecule has 0 fully saturated rings. The van der Waals surface area contributed by atoms with E-state index >= 15 is 0 Å². The number of hydrogen-bond acceptors (Lipinski definition) is 4. The third kappa shape index (κ3) is 4.61. The van der Waals surface area contributed by atoms with E-state index in [1.165, 1.54) is 11.1 Å². The highest BCUT2D eigenvalue weighted by Crippen LogP contribution is 2.24. The number of nitrogens with zero attached hydrogens (tertiary/aromatic N) is 2. The number of nitrogens with one attached hydrogen (secondary N) is 1. The molecule has 0 bridgehead atoms. The fraction of sp³-hybridized carbons (Fsp3) is 0.300. The van der Waals surface area contributed by atoms with E-state index in [9.17, 15) is 4.79 Å². The Morgan fingerprint density at radius 2 is 2.19 bits per heavy atom. The van der Waals surface area contributed by atoms with Crippen LogP contribution in [0.2, 0.25) is 5.02 Å². The normalized spacial score (nSPS) is 14.8. The van der Waals surface area contributed by atoms with Crippen molar-refractivity contribution in [3.63, 3.8) is 0 Å². The van der Waals surface area contributed by atoms with Crippen LogP contribution in [0.3, 0.4) is 0 Å². The van der Waals surface area contributed by atoms with E-state index in [2.05, 4.69) is 37.8 Å². The van der Waals surface area contributed by atoms with Crippen molar-refractivity contribution in [1.82, 2.24) is 14.9 Å². The van der Waals surface area contributed by atoms with Crippen molar-refractivity contribution in [2.45, 2.75) is 19.3 Å². The first-order chi connectivity index (χ1) is 12.7. The molecular weight excluding hydrogens is 401 g/mol. The number of fused-ring (bicyclic) bond motifs is 1. The summed E-state index contributed by atoms with van der Waals surface area (Å²) in [5, 5.41) is 5.42. The van der Waals surface area contributed by atoms with Crippen molar-refractivity contribution in [1.29, 1.82) is 0 Å². The average Bonchev–Trinajstić information content (AvgIpc) is 3.18. The van der Waals surface area contributed by atoms with E-state index in [0.29, 0.717) is 21.7 Å². The van der Waals surface area contributed by atoms with Gasteiger partial charge in [-0.1, -0.05) is 23.7 Å². The number of benzene rings is 1. The second kappa shape index (κ2) is 9.02. The van der Waals surface area contributed by atoms with E-state index in [1.54, 1.807) is 29.5 Å². The molecule has 142 valence electrons. The summed E-state index contributed by atoms with van der Waals surface area (Å²) in [6.45, 7) is 3.06. The highest BCUT2D eigenvalue weighted by Gasteiger charge is 2.13. The number of thiophene rings is 1. The lowest BCUT2D eigenvalue weighted by Crippen LogP contribution is -2.29. The molecule has 1 aliphatic rings. The van der Waals surface area contributed by atoms with Crippen LogP contribution in [0.25, 0.3) is 16.5 Å². The number of rotatable bonds is 5. The zero-order valence-electron chi connectivity index (χ0n) is 14.8. The molecule has 0 aliphatic carbocycles. The zero-order valence-corrected chi connectivity index (χ0v) is 17.2. The van der Waals surface area contributed by atoms with Gasteiger partial charge in [-0.2, -0.15) is 11.3 Å². The van der Waals surface area contributed by atoms with Crippen molar-refractivity contribution in [3.8, 4) is 0 Å². The maximum absolute atomic E-state index is 12.2. The molecule has 7 heteroatoms. The number of hydrogen-bond donors (Lipinski definition) is 1. The fourth-order valence-electron chi connectivity index (χ4n) is 3.39. The number of halogens is 2. The third-order valence-electron chi connectivity index (χ3n) is 4.81. The summed E-state index contributed by atoms with van der Waals surface area (Å²) in [5.41, 5.74) is 3.30. The molecule has 2 aromatic heterocycles. The first-order valence-corrected chi connectivity index (χ1v) is 10.1. The van der Waals surface area contributed by atoms with Crippen molar-refractivity contribution in [2.24, 2.45) is 0 Å². The summed E-state index contributed by atoms with van der Waals surface area (Å²) in [5.74, 6) is 0.710. The van der Waals surface area contributed by atoms with Crippen LogP contribution in [0.1, 0.15) is 24.2 Å². The quantitative estimate of drug-likeness (QED) is 0.644. The number of para-hydroxylation sites is 1. The van der Waals surface area contributed by atoms with E-state index in [4.69, 9.17) is 11.6 Å². The SMILES string of the molecule is Cl.O=c1[nH]c(CCCN2CC=C(c3ccsc3)CC2)nc2c(Cl)cccc12. The largest absolute Gasteiger partial charge is 0.310 e. The molecule has 1 aromatic carbocycles.